The van der Waals surface area contributed by atoms with Crippen LogP contribution in [0, 0.1) is 32.8 Å². The highest BCUT2D eigenvalue weighted by atomic mass is 16.6. The third-order valence-electron chi connectivity index (χ3n) is 2.69. The van der Waals surface area contributed by atoms with Crippen molar-refractivity contribution in [1.82, 2.24) is 9.55 Å². The Morgan fingerprint density at radius 2 is 2.15 bits per heavy atom. The number of nitro benzene ring substituents is 1. The molecule has 20 heavy (non-hydrogen) atoms. The summed E-state index contributed by atoms with van der Waals surface area (Å²) in [7, 11) is 0. The Morgan fingerprint density at radius 3 is 2.75 bits per heavy atom. The monoisotopic (exact) mass is 268 g/mol. The van der Waals surface area contributed by atoms with Crippen LogP contribution in [0.5, 0.6) is 0 Å². The van der Waals surface area contributed by atoms with Gasteiger partial charge in [0.1, 0.15) is 17.8 Å². The number of hydrogen-bond acceptors (Lipinski definition) is 6. The van der Waals surface area contributed by atoms with E-state index in [0.29, 0.717) is 5.56 Å². The molecule has 98 valence electrons. The van der Waals surface area contributed by atoms with Crippen molar-refractivity contribution in [2.75, 3.05) is 5.73 Å². The van der Waals surface area contributed by atoms with Crippen LogP contribution in [0.25, 0.3) is 0 Å². The van der Waals surface area contributed by atoms with Crippen molar-refractivity contribution >= 4 is 11.4 Å². The lowest BCUT2D eigenvalue weighted by Gasteiger charge is -2.05. The van der Waals surface area contributed by atoms with Gasteiger partial charge in [0.2, 0.25) is 0 Å². The molecule has 0 bridgehead atoms. The summed E-state index contributed by atoms with van der Waals surface area (Å²) in [5, 5.41) is 28.6. The SMILES string of the molecule is N#Cc1ncn(Cc2ccc(N)c([N+](=O)[O-])c2)c1C#N. The highest BCUT2D eigenvalue weighted by Gasteiger charge is 2.14. The summed E-state index contributed by atoms with van der Waals surface area (Å²) in [6.07, 6.45) is 1.35. The molecule has 0 aliphatic rings. The van der Waals surface area contributed by atoms with Crippen molar-refractivity contribution in [2.45, 2.75) is 6.54 Å². The highest BCUT2D eigenvalue weighted by Crippen LogP contribution is 2.23. The number of nitro groups is 1. The minimum absolute atomic E-state index is 0.0254. The van der Waals surface area contributed by atoms with E-state index in [1.165, 1.54) is 23.0 Å². The van der Waals surface area contributed by atoms with Gasteiger partial charge in [0.25, 0.3) is 5.69 Å². The molecule has 0 spiro atoms. The van der Waals surface area contributed by atoms with E-state index in [1.807, 2.05) is 12.1 Å². The fourth-order valence-electron chi connectivity index (χ4n) is 1.74. The minimum atomic E-state index is -0.571. The molecular weight excluding hydrogens is 260 g/mol. The number of nitrogens with two attached hydrogens (primary N) is 1. The quantitative estimate of drug-likeness (QED) is 0.504. The molecule has 0 amide bonds. The molecule has 8 heteroatoms. The van der Waals surface area contributed by atoms with Gasteiger partial charge in [-0.15, -0.1) is 0 Å². The van der Waals surface area contributed by atoms with Gasteiger partial charge in [-0.25, -0.2) is 4.98 Å². The van der Waals surface area contributed by atoms with Gasteiger partial charge < -0.3 is 10.3 Å². The van der Waals surface area contributed by atoms with E-state index in [9.17, 15) is 10.1 Å². The highest BCUT2D eigenvalue weighted by molar-refractivity contribution is 5.59. The second-order valence-corrected chi connectivity index (χ2v) is 3.94. The lowest BCUT2D eigenvalue weighted by atomic mass is 10.1. The normalized spacial score (nSPS) is 9.70. The van der Waals surface area contributed by atoms with E-state index in [4.69, 9.17) is 16.3 Å². The number of imidazole rings is 1. The lowest BCUT2D eigenvalue weighted by molar-refractivity contribution is -0.384. The fraction of sp³-hybridized carbons (Fsp3) is 0.0833. The average molecular weight is 268 g/mol. The van der Waals surface area contributed by atoms with E-state index in [0.717, 1.165) is 0 Å². The van der Waals surface area contributed by atoms with E-state index >= 15 is 0 Å². The first-order valence-corrected chi connectivity index (χ1v) is 5.45. The number of nitrogens with zero attached hydrogens (tertiary/aromatic N) is 5. The largest absolute Gasteiger partial charge is 0.393 e. The summed E-state index contributed by atoms with van der Waals surface area (Å²) < 4.78 is 1.45. The first kappa shape index (κ1) is 13.1. The Balaban J connectivity index is 2.39. The molecule has 0 atom stereocenters. The maximum absolute atomic E-state index is 10.8. The molecule has 1 aromatic carbocycles. The van der Waals surface area contributed by atoms with Gasteiger partial charge in [0, 0.05) is 6.07 Å². The third kappa shape index (κ3) is 2.26. The zero-order valence-electron chi connectivity index (χ0n) is 10.1. The maximum atomic E-state index is 10.8. The van der Waals surface area contributed by atoms with Gasteiger partial charge in [-0.2, -0.15) is 10.5 Å². The molecule has 2 N–H and O–H groups in total. The van der Waals surface area contributed by atoms with Gasteiger partial charge in [-0.1, -0.05) is 6.07 Å². The fourth-order valence-corrected chi connectivity index (χ4v) is 1.74. The topological polar surface area (TPSA) is 135 Å². The van der Waals surface area contributed by atoms with Gasteiger partial charge in [-0.05, 0) is 11.6 Å². The Kier molecular flexibility index (Phi) is 3.32. The summed E-state index contributed by atoms with van der Waals surface area (Å²) >= 11 is 0. The Labute approximate surface area is 113 Å². The number of aromatic nitrogens is 2. The van der Waals surface area contributed by atoms with Crippen LogP contribution >= 0.6 is 0 Å². The van der Waals surface area contributed by atoms with Gasteiger partial charge in [0.05, 0.1) is 17.8 Å². The van der Waals surface area contributed by atoms with Crippen LogP contribution in [0.2, 0.25) is 0 Å². The van der Waals surface area contributed by atoms with Crippen LogP contribution in [-0.4, -0.2) is 14.5 Å². The van der Waals surface area contributed by atoms with Crippen LogP contribution in [0.15, 0.2) is 24.5 Å². The number of rotatable bonds is 3. The lowest BCUT2D eigenvalue weighted by Crippen LogP contribution is -2.03. The Hall–Kier alpha value is -3.39. The second-order valence-electron chi connectivity index (χ2n) is 3.94. The van der Waals surface area contributed by atoms with E-state index in [-0.39, 0.29) is 29.3 Å². The molecule has 2 aromatic rings. The predicted octanol–water partition coefficient (Wildman–Crippen LogP) is 1.17. The summed E-state index contributed by atoms with van der Waals surface area (Å²) in [6, 6.07) is 8.08. The van der Waals surface area contributed by atoms with E-state index in [2.05, 4.69) is 4.98 Å². The minimum Gasteiger partial charge on any atom is -0.393 e. The standard InChI is InChI=1S/C12H8N6O2/c13-4-10-12(5-14)17(7-16-10)6-8-1-2-9(15)11(3-8)18(19)20/h1-3,7H,6,15H2. The zero-order valence-corrected chi connectivity index (χ0v) is 10.1. The molecule has 0 saturated carbocycles. The van der Waals surface area contributed by atoms with Crippen LogP contribution < -0.4 is 5.73 Å². The van der Waals surface area contributed by atoms with Crippen molar-refractivity contribution in [3.63, 3.8) is 0 Å². The Bertz CT molecular complexity index is 765. The number of anilines is 1. The molecule has 0 fully saturated rings. The van der Waals surface area contributed by atoms with Crippen LogP contribution in [0.3, 0.4) is 0 Å². The van der Waals surface area contributed by atoms with Crippen molar-refractivity contribution in [2.24, 2.45) is 0 Å². The molecule has 0 aliphatic heterocycles. The summed E-state index contributed by atoms with van der Waals surface area (Å²) in [5.74, 6) is 0. The number of hydrogen-bond donors (Lipinski definition) is 1. The first-order chi connectivity index (χ1) is 9.56. The van der Waals surface area contributed by atoms with Crippen LogP contribution in [0.4, 0.5) is 11.4 Å². The maximum Gasteiger partial charge on any atom is 0.292 e. The van der Waals surface area contributed by atoms with Crippen molar-refractivity contribution in [3.05, 3.63) is 51.6 Å². The number of nitrogen functional groups attached to an aromatic ring is 1. The van der Waals surface area contributed by atoms with Gasteiger partial charge >= 0.3 is 0 Å². The average Bonchev–Trinajstić information content (AvgIpc) is 2.82. The molecule has 2 rings (SSSR count). The van der Waals surface area contributed by atoms with E-state index in [1.54, 1.807) is 6.07 Å². The molecule has 1 aromatic heterocycles. The summed E-state index contributed by atoms with van der Waals surface area (Å²) in [6.45, 7) is 0.193. The summed E-state index contributed by atoms with van der Waals surface area (Å²) in [5.41, 5.74) is 6.12. The van der Waals surface area contributed by atoms with Crippen LogP contribution in [-0.2, 0) is 6.54 Å². The Morgan fingerprint density at radius 1 is 1.40 bits per heavy atom. The van der Waals surface area contributed by atoms with Gasteiger partial charge in [-0.3, -0.25) is 10.1 Å². The summed E-state index contributed by atoms with van der Waals surface area (Å²) in [4.78, 5) is 14.0. The zero-order chi connectivity index (χ0) is 14.7. The molecule has 0 radical (unpaired) electrons. The van der Waals surface area contributed by atoms with Crippen molar-refractivity contribution in [3.8, 4) is 12.1 Å². The third-order valence-corrected chi connectivity index (χ3v) is 2.69. The molecule has 0 aliphatic carbocycles. The number of nitriles is 2. The van der Waals surface area contributed by atoms with E-state index < -0.39 is 4.92 Å². The molecular formula is C12H8N6O2. The molecule has 0 unspecified atom stereocenters. The molecule has 8 nitrogen and oxygen atoms in total. The number of benzene rings is 1. The van der Waals surface area contributed by atoms with Crippen molar-refractivity contribution in [1.29, 1.82) is 10.5 Å². The van der Waals surface area contributed by atoms with Crippen LogP contribution in [0.1, 0.15) is 17.0 Å². The first-order valence-electron chi connectivity index (χ1n) is 5.45. The molecule has 1 heterocycles. The van der Waals surface area contributed by atoms with Gasteiger partial charge in [0.15, 0.2) is 11.4 Å². The predicted molar refractivity (Wildman–Crippen MR) is 68.3 cm³/mol. The molecule has 0 saturated heterocycles. The second kappa shape index (κ2) is 5.08. The van der Waals surface area contributed by atoms with Crippen molar-refractivity contribution < 1.29 is 4.92 Å². The smallest absolute Gasteiger partial charge is 0.292 e.